The van der Waals surface area contributed by atoms with E-state index < -0.39 is 14.9 Å². The lowest BCUT2D eigenvalue weighted by molar-refractivity contribution is 0.259. The summed E-state index contributed by atoms with van der Waals surface area (Å²) in [5, 5.41) is 0. The van der Waals surface area contributed by atoms with Gasteiger partial charge >= 0.3 is 0 Å². The normalized spacial score (nSPS) is 30.8. The molecule has 1 aliphatic carbocycles. The van der Waals surface area contributed by atoms with Crippen molar-refractivity contribution in [3.05, 3.63) is 60.2 Å². The molecule has 0 saturated carbocycles. The van der Waals surface area contributed by atoms with Gasteiger partial charge in [-0.3, -0.25) is 4.55 Å². The smallest absolute Gasteiger partial charge is 0.278 e. The zero-order chi connectivity index (χ0) is 17.2. The maximum absolute atomic E-state index is 12.1. The van der Waals surface area contributed by atoms with Crippen LogP contribution in [-0.2, 0) is 10.1 Å². The fraction of sp³-hybridized carbons (Fsp3) is 0.474. The third-order valence-electron chi connectivity index (χ3n) is 5.32. The number of nitrogens with zero attached hydrogens (tertiary/aromatic N) is 1. The lowest BCUT2D eigenvalue weighted by Crippen LogP contribution is -2.40. The van der Waals surface area contributed by atoms with Gasteiger partial charge in [-0.2, -0.15) is 8.42 Å². The van der Waals surface area contributed by atoms with Crippen LogP contribution in [0.1, 0.15) is 37.7 Å². The highest BCUT2D eigenvalue weighted by Gasteiger charge is 2.40. The molecule has 130 valence electrons. The molecular formula is C19H25NO3S. The van der Waals surface area contributed by atoms with Crippen molar-refractivity contribution in [1.82, 2.24) is 4.90 Å². The minimum Gasteiger partial charge on any atom is -0.301 e. The van der Waals surface area contributed by atoms with Gasteiger partial charge in [0.1, 0.15) is 4.75 Å². The molecular weight excluding hydrogens is 322 g/mol. The summed E-state index contributed by atoms with van der Waals surface area (Å²) < 4.78 is 32.7. The van der Waals surface area contributed by atoms with Crippen molar-refractivity contribution < 1.29 is 13.0 Å². The molecule has 2 aliphatic rings. The Balaban J connectivity index is 1.78. The maximum Gasteiger partial charge on any atom is 0.278 e. The summed E-state index contributed by atoms with van der Waals surface area (Å²) in [6, 6.07) is 10.4. The van der Waals surface area contributed by atoms with E-state index in [0.29, 0.717) is 19.0 Å². The second-order valence-electron chi connectivity index (χ2n) is 6.86. The first-order valence-electron chi connectivity index (χ1n) is 8.56. The van der Waals surface area contributed by atoms with Crippen molar-refractivity contribution >= 4 is 10.1 Å². The molecule has 3 rings (SSSR count). The Morgan fingerprint density at radius 1 is 1.21 bits per heavy atom. The number of hydrogen-bond acceptors (Lipinski definition) is 3. The number of hydrogen-bond donors (Lipinski definition) is 1. The van der Waals surface area contributed by atoms with E-state index in [2.05, 4.69) is 11.8 Å². The van der Waals surface area contributed by atoms with Gasteiger partial charge in [-0.25, -0.2) is 0 Å². The van der Waals surface area contributed by atoms with Crippen LogP contribution in [0.25, 0.3) is 0 Å². The summed E-state index contributed by atoms with van der Waals surface area (Å²) >= 11 is 0. The monoisotopic (exact) mass is 347 g/mol. The van der Waals surface area contributed by atoms with Gasteiger partial charge in [-0.15, -0.1) is 0 Å². The minimum absolute atomic E-state index is 0.0479. The second kappa shape index (κ2) is 6.82. The predicted molar refractivity (Wildman–Crippen MR) is 96.6 cm³/mol. The maximum atomic E-state index is 12.1. The molecule has 24 heavy (non-hydrogen) atoms. The van der Waals surface area contributed by atoms with Gasteiger partial charge in [0.25, 0.3) is 10.1 Å². The largest absolute Gasteiger partial charge is 0.301 e. The Morgan fingerprint density at radius 2 is 1.88 bits per heavy atom. The SMILES string of the molecule is CC1CCCN1CCC1(S(=O)(=O)O)C=CC(c2ccccc2)C=C1. The van der Waals surface area contributed by atoms with Gasteiger partial charge in [0.05, 0.1) is 0 Å². The predicted octanol–water partition coefficient (Wildman–Crippen LogP) is 3.40. The van der Waals surface area contributed by atoms with Crippen LogP contribution in [0.2, 0.25) is 0 Å². The van der Waals surface area contributed by atoms with Gasteiger partial charge in [0, 0.05) is 18.5 Å². The van der Waals surface area contributed by atoms with Crippen LogP contribution in [-0.4, -0.2) is 41.7 Å². The van der Waals surface area contributed by atoms with Crippen LogP contribution in [0.5, 0.6) is 0 Å². The summed E-state index contributed by atoms with van der Waals surface area (Å²) in [5.41, 5.74) is 1.11. The number of allylic oxidation sites excluding steroid dienone is 2. The highest BCUT2D eigenvalue weighted by Crippen LogP contribution is 2.34. The topological polar surface area (TPSA) is 57.6 Å². The summed E-state index contributed by atoms with van der Waals surface area (Å²) in [7, 11) is -4.20. The standard InChI is InChI=1S/C19H25NO3S/c1-16-6-5-14-20(16)15-13-19(24(21,22)23)11-9-18(10-12-19)17-7-3-2-4-8-17/h2-4,7-12,16,18H,5-6,13-15H2,1H3,(H,21,22,23). The van der Waals surface area contributed by atoms with Gasteiger partial charge in [0.15, 0.2) is 0 Å². The molecule has 1 heterocycles. The van der Waals surface area contributed by atoms with Crippen molar-refractivity contribution in [3.8, 4) is 0 Å². The van der Waals surface area contributed by atoms with Crippen molar-refractivity contribution in [2.24, 2.45) is 0 Å². The molecule has 0 radical (unpaired) electrons. The zero-order valence-corrected chi connectivity index (χ0v) is 14.8. The first-order valence-corrected chi connectivity index (χ1v) is 10.00. The van der Waals surface area contributed by atoms with E-state index in [4.69, 9.17) is 0 Å². The van der Waals surface area contributed by atoms with Crippen LogP contribution >= 0.6 is 0 Å². The average molecular weight is 347 g/mol. The van der Waals surface area contributed by atoms with Crippen LogP contribution in [0.15, 0.2) is 54.6 Å². The molecule has 1 aliphatic heterocycles. The Morgan fingerprint density at radius 3 is 2.42 bits per heavy atom. The fourth-order valence-electron chi connectivity index (χ4n) is 3.66. The third-order valence-corrected chi connectivity index (χ3v) is 6.75. The fourth-order valence-corrected chi connectivity index (χ4v) is 4.51. The molecule has 0 bridgehead atoms. The molecule has 5 heteroatoms. The molecule has 0 aromatic heterocycles. The van der Waals surface area contributed by atoms with Crippen LogP contribution < -0.4 is 0 Å². The van der Waals surface area contributed by atoms with E-state index in [1.807, 2.05) is 42.5 Å². The molecule has 1 N–H and O–H groups in total. The van der Waals surface area contributed by atoms with E-state index in [0.717, 1.165) is 24.9 Å². The second-order valence-corrected chi connectivity index (χ2v) is 8.57. The first-order chi connectivity index (χ1) is 11.4. The summed E-state index contributed by atoms with van der Waals surface area (Å²) in [5.74, 6) is 0.0479. The van der Waals surface area contributed by atoms with E-state index in [-0.39, 0.29) is 5.92 Å². The third kappa shape index (κ3) is 3.48. The molecule has 1 aromatic rings. The van der Waals surface area contributed by atoms with Crippen LogP contribution in [0.3, 0.4) is 0 Å². The van der Waals surface area contributed by atoms with Gasteiger partial charge in [-0.1, -0.05) is 54.6 Å². The van der Waals surface area contributed by atoms with Crippen molar-refractivity contribution in [2.45, 2.75) is 42.9 Å². The van der Waals surface area contributed by atoms with Gasteiger partial charge in [-0.05, 0) is 38.3 Å². The molecule has 1 fully saturated rings. The summed E-state index contributed by atoms with van der Waals surface area (Å²) in [6.07, 6.45) is 9.79. The quantitative estimate of drug-likeness (QED) is 0.655. The van der Waals surface area contributed by atoms with E-state index in [1.54, 1.807) is 12.2 Å². The Bertz CT molecular complexity index is 710. The van der Waals surface area contributed by atoms with E-state index in [9.17, 15) is 13.0 Å². The highest BCUT2D eigenvalue weighted by atomic mass is 32.2. The Kier molecular flexibility index (Phi) is 4.95. The van der Waals surface area contributed by atoms with Crippen molar-refractivity contribution in [1.29, 1.82) is 0 Å². The Hall–Kier alpha value is -1.43. The van der Waals surface area contributed by atoms with Crippen molar-refractivity contribution in [3.63, 3.8) is 0 Å². The molecule has 1 saturated heterocycles. The first kappa shape index (κ1) is 17.4. The number of benzene rings is 1. The van der Waals surface area contributed by atoms with E-state index in [1.165, 1.54) is 0 Å². The average Bonchev–Trinajstić information content (AvgIpc) is 2.98. The molecule has 0 amide bonds. The number of likely N-dealkylation sites (tertiary alicyclic amines) is 1. The van der Waals surface area contributed by atoms with Crippen LogP contribution in [0.4, 0.5) is 0 Å². The highest BCUT2D eigenvalue weighted by molar-refractivity contribution is 7.87. The van der Waals surface area contributed by atoms with Crippen molar-refractivity contribution in [2.75, 3.05) is 13.1 Å². The van der Waals surface area contributed by atoms with Crippen LogP contribution in [0, 0.1) is 0 Å². The summed E-state index contributed by atoms with van der Waals surface area (Å²) in [6.45, 7) is 3.85. The lowest BCUT2D eigenvalue weighted by Gasteiger charge is -2.31. The molecule has 4 nitrogen and oxygen atoms in total. The molecule has 1 aromatic carbocycles. The van der Waals surface area contributed by atoms with E-state index >= 15 is 0 Å². The number of rotatable bonds is 5. The molecule has 1 unspecified atom stereocenters. The zero-order valence-electron chi connectivity index (χ0n) is 14.0. The summed E-state index contributed by atoms with van der Waals surface area (Å²) in [4.78, 5) is 2.30. The Labute approximate surface area is 144 Å². The minimum atomic E-state index is -4.20. The van der Waals surface area contributed by atoms with Gasteiger partial charge < -0.3 is 4.90 Å². The molecule has 0 spiro atoms. The lowest BCUT2D eigenvalue weighted by atomic mass is 9.89. The van der Waals surface area contributed by atoms with Gasteiger partial charge in [0.2, 0.25) is 0 Å². The molecule has 1 atom stereocenters.